The van der Waals surface area contributed by atoms with E-state index in [1.807, 2.05) is 0 Å². The molecule has 156 valence electrons. The van der Waals surface area contributed by atoms with Crippen molar-refractivity contribution in [2.24, 2.45) is 0 Å². The number of hydrogen-bond donors (Lipinski definition) is 3. The summed E-state index contributed by atoms with van der Waals surface area (Å²) >= 11 is 0. The van der Waals surface area contributed by atoms with Crippen molar-refractivity contribution in [3.63, 3.8) is 0 Å². The molecule has 0 radical (unpaired) electrons. The number of sulfonamides is 1. The molecule has 0 aromatic heterocycles. The molecule has 0 bridgehead atoms. The predicted octanol–water partition coefficient (Wildman–Crippen LogP) is 2.66. The summed E-state index contributed by atoms with van der Waals surface area (Å²) < 4.78 is 65.4. The molecule has 2 atom stereocenters. The first-order valence-corrected chi connectivity index (χ1v) is 10.2. The van der Waals surface area contributed by atoms with Gasteiger partial charge in [-0.05, 0) is 60.2 Å². The van der Waals surface area contributed by atoms with E-state index in [-0.39, 0.29) is 10.5 Å². The maximum Gasteiger partial charge on any atom is 0.416 e. The third-order valence-corrected chi connectivity index (χ3v) is 6.36. The number of nitrogens with one attached hydrogen (secondary N) is 1. The summed E-state index contributed by atoms with van der Waals surface area (Å²) in [6, 6.07) is 7.54. The lowest BCUT2D eigenvalue weighted by atomic mass is 9.87. The van der Waals surface area contributed by atoms with E-state index in [1.54, 1.807) is 12.1 Å². The number of rotatable bonds is 5. The Labute approximate surface area is 165 Å². The number of alkyl halides is 3. The smallest absolute Gasteiger partial charge is 0.416 e. The monoisotopic (exact) mass is 429 g/mol. The van der Waals surface area contributed by atoms with Gasteiger partial charge < -0.3 is 10.2 Å². The van der Waals surface area contributed by atoms with Gasteiger partial charge >= 0.3 is 12.1 Å². The molecule has 3 N–H and O–H groups in total. The number of carboxylic acid groups (broad SMARTS) is 1. The molecule has 1 aliphatic rings. The molecule has 0 spiro atoms. The lowest BCUT2D eigenvalue weighted by molar-refractivity contribution is -0.147. The van der Waals surface area contributed by atoms with Gasteiger partial charge in [-0.1, -0.05) is 18.2 Å². The summed E-state index contributed by atoms with van der Waals surface area (Å²) in [7, 11) is -3.99. The molecule has 0 heterocycles. The van der Waals surface area contributed by atoms with Gasteiger partial charge in [-0.15, -0.1) is 0 Å². The Kier molecular flexibility index (Phi) is 5.70. The first-order valence-electron chi connectivity index (χ1n) is 8.69. The average Bonchev–Trinajstić information content (AvgIpc) is 2.66. The average molecular weight is 429 g/mol. The zero-order valence-electron chi connectivity index (χ0n) is 15.0. The molecule has 2 aromatic rings. The first kappa shape index (κ1) is 21.3. The molecule has 2 unspecified atom stereocenters. The highest BCUT2D eigenvalue weighted by molar-refractivity contribution is 7.89. The van der Waals surface area contributed by atoms with Crippen molar-refractivity contribution in [1.82, 2.24) is 4.72 Å². The van der Waals surface area contributed by atoms with E-state index in [0.29, 0.717) is 19.3 Å². The number of aliphatic hydroxyl groups is 1. The maximum atomic E-state index is 12.6. The van der Waals surface area contributed by atoms with Crippen LogP contribution in [-0.4, -0.2) is 30.6 Å². The molecule has 0 saturated heterocycles. The Morgan fingerprint density at radius 1 is 1.10 bits per heavy atom. The van der Waals surface area contributed by atoms with Crippen LogP contribution < -0.4 is 4.72 Å². The second-order valence-electron chi connectivity index (χ2n) is 6.85. The SMILES string of the molecule is O=C(O)C(O)c1ccc2c(c1)CCC(NS(=O)(=O)c1ccc(C(F)(F)F)cc1)C2. The van der Waals surface area contributed by atoms with Crippen molar-refractivity contribution in [1.29, 1.82) is 0 Å². The summed E-state index contributed by atoms with van der Waals surface area (Å²) in [6.45, 7) is 0. The summed E-state index contributed by atoms with van der Waals surface area (Å²) in [5, 5.41) is 18.5. The maximum absolute atomic E-state index is 12.6. The lowest BCUT2D eigenvalue weighted by Crippen LogP contribution is -2.38. The van der Waals surface area contributed by atoms with Crippen LogP contribution in [0.15, 0.2) is 47.4 Å². The van der Waals surface area contributed by atoms with Gasteiger partial charge in [0, 0.05) is 6.04 Å². The van der Waals surface area contributed by atoms with Crippen molar-refractivity contribution in [3.8, 4) is 0 Å². The number of hydrogen-bond acceptors (Lipinski definition) is 4. The standard InChI is InChI=1S/C19H18F3NO5S/c20-19(21,22)14-4-7-16(8-5-14)29(27,28)23-15-6-3-11-9-13(17(24)18(25)26)2-1-12(11)10-15/h1-2,4-5,7-9,15,17,23-24H,3,6,10H2,(H,25,26). The molecule has 0 fully saturated rings. The van der Waals surface area contributed by atoms with E-state index in [0.717, 1.165) is 35.4 Å². The Hall–Kier alpha value is -2.43. The van der Waals surface area contributed by atoms with E-state index in [2.05, 4.69) is 4.72 Å². The predicted molar refractivity (Wildman–Crippen MR) is 96.6 cm³/mol. The number of aliphatic carboxylic acids is 1. The van der Waals surface area contributed by atoms with E-state index in [9.17, 15) is 31.5 Å². The Balaban J connectivity index is 1.73. The largest absolute Gasteiger partial charge is 0.479 e. The fourth-order valence-electron chi connectivity index (χ4n) is 3.30. The number of fused-ring (bicyclic) bond motifs is 1. The zero-order valence-corrected chi connectivity index (χ0v) is 15.8. The van der Waals surface area contributed by atoms with Crippen LogP contribution in [0.4, 0.5) is 13.2 Å². The molecule has 0 saturated carbocycles. The molecule has 29 heavy (non-hydrogen) atoms. The second-order valence-corrected chi connectivity index (χ2v) is 8.57. The van der Waals surface area contributed by atoms with Gasteiger partial charge in [0.15, 0.2) is 6.10 Å². The minimum Gasteiger partial charge on any atom is -0.479 e. The van der Waals surface area contributed by atoms with Crippen molar-refractivity contribution < 1.29 is 36.6 Å². The molecule has 0 amide bonds. The minimum atomic E-state index is -4.55. The fraction of sp³-hybridized carbons (Fsp3) is 0.316. The van der Waals surface area contributed by atoms with E-state index >= 15 is 0 Å². The quantitative estimate of drug-likeness (QED) is 0.678. The molecule has 2 aromatic carbocycles. The van der Waals surface area contributed by atoms with Crippen LogP contribution in [0.2, 0.25) is 0 Å². The third-order valence-electron chi connectivity index (χ3n) is 4.82. The summed E-state index contributed by atoms with van der Waals surface area (Å²) in [4.78, 5) is 10.6. The summed E-state index contributed by atoms with van der Waals surface area (Å²) in [5.74, 6) is -1.36. The number of halogens is 3. The lowest BCUT2D eigenvalue weighted by Gasteiger charge is -2.26. The number of aryl methyl sites for hydroxylation is 1. The molecule has 6 nitrogen and oxygen atoms in total. The Morgan fingerprint density at radius 3 is 2.34 bits per heavy atom. The highest BCUT2D eigenvalue weighted by atomic mass is 32.2. The highest BCUT2D eigenvalue weighted by Crippen LogP contribution is 2.30. The van der Waals surface area contributed by atoms with Crippen LogP contribution >= 0.6 is 0 Å². The van der Waals surface area contributed by atoms with E-state index in [1.165, 1.54) is 6.07 Å². The van der Waals surface area contributed by atoms with E-state index in [4.69, 9.17) is 5.11 Å². The number of benzene rings is 2. The van der Waals surface area contributed by atoms with Gasteiger partial charge in [0.1, 0.15) is 0 Å². The van der Waals surface area contributed by atoms with Gasteiger partial charge in [-0.25, -0.2) is 17.9 Å². The minimum absolute atomic E-state index is 0.250. The summed E-state index contributed by atoms with van der Waals surface area (Å²) in [6.07, 6.45) is -4.93. The van der Waals surface area contributed by atoms with Gasteiger partial charge in [0.25, 0.3) is 0 Å². The van der Waals surface area contributed by atoms with Crippen LogP contribution in [0, 0.1) is 0 Å². The van der Waals surface area contributed by atoms with Crippen LogP contribution in [0.1, 0.15) is 34.8 Å². The van der Waals surface area contributed by atoms with Crippen molar-refractivity contribution >= 4 is 16.0 Å². The molecule has 3 rings (SSSR count). The number of aliphatic hydroxyl groups excluding tert-OH is 1. The molecular formula is C19H18F3NO5S. The molecular weight excluding hydrogens is 411 g/mol. The fourth-order valence-corrected chi connectivity index (χ4v) is 4.57. The summed E-state index contributed by atoms with van der Waals surface area (Å²) in [5.41, 5.74) is 0.966. The number of carboxylic acids is 1. The van der Waals surface area contributed by atoms with Crippen molar-refractivity contribution in [3.05, 3.63) is 64.7 Å². The molecule has 1 aliphatic carbocycles. The zero-order chi connectivity index (χ0) is 21.4. The third kappa shape index (κ3) is 4.77. The normalized spacial score (nSPS) is 18.1. The highest BCUT2D eigenvalue weighted by Gasteiger charge is 2.31. The van der Waals surface area contributed by atoms with Crippen LogP contribution in [-0.2, 0) is 33.8 Å². The Morgan fingerprint density at radius 2 is 1.76 bits per heavy atom. The van der Waals surface area contributed by atoms with Crippen LogP contribution in [0.3, 0.4) is 0 Å². The van der Waals surface area contributed by atoms with Crippen molar-refractivity contribution in [2.45, 2.75) is 42.5 Å². The van der Waals surface area contributed by atoms with Gasteiger partial charge in [0.05, 0.1) is 10.5 Å². The number of carbonyl (C=O) groups is 1. The van der Waals surface area contributed by atoms with E-state index < -0.39 is 39.9 Å². The van der Waals surface area contributed by atoms with Gasteiger partial charge in [-0.3, -0.25) is 0 Å². The Bertz CT molecular complexity index is 1020. The molecule has 0 aliphatic heterocycles. The molecule has 10 heteroatoms. The second kappa shape index (κ2) is 7.77. The van der Waals surface area contributed by atoms with Gasteiger partial charge in [-0.2, -0.15) is 13.2 Å². The topological polar surface area (TPSA) is 104 Å². The van der Waals surface area contributed by atoms with Crippen LogP contribution in [0.25, 0.3) is 0 Å². The van der Waals surface area contributed by atoms with Crippen LogP contribution in [0.5, 0.6) is 0 Å². The first-order chi connectivity index (χ1) is 13.5. The van der Waals surface area contributed by atoms with Crippen molar-refractivity contribution in [2.75, 3.05) is 0 Å². The van der Waals surface area contributed by atoms with Gasteiger partial charge in [0.2, 0.25) is 10.0 Å².